The van der Waals surface area contributed by atoms with Gasteiger partial charge in [0.25, 0.3) is 0 Å². The first kappa shape index (κ1) is 11.3. The van der Waals surface area contributed by atoms with Crippen molar-refractivity contribution in [2.24, 2.45) is 5.92 Å². The quantitative estimate of drug-likeness (QED) is 0.863. The molecule has 0 saturated carbocycles. The van der Waals surface area contributed by atoms with E-state index in [0.29, 0.717) is 11.5 Å². The van der Waals surface area contributed by atoms with E-state index in [1.807, 2.05) is 13.8 Å². The van der Waals surface area contributed by atoms with Crippen LogP contribution in [0.5, 0.6) is 0 Å². The Kier molecular flexibility index (Phi) is 3.13. The van der Waals surface area contributed by atoms with Crippen molar-refractivity contribution in [3.8, 4) is 5.82 Å². The second kappa shape index (κ2) is 4.73. The lowest BCUT2D eigenvalue weighted by Crippen LogP contribution is -2.17. The van der Waals surface area contributed by atoms with E-state index < -0.39 is 0 Å². The number of carbonyl (C=O) groups excluding carboxylic acids is 1. The summed E-state index contributed by atoms with van der Waals surface area (Å²) < 4.78 is 1.69. The molecule has 0 aromatic carbocycles. The van der Waals surface area contributed by atoms with E-state index in [9.17, 15) is 4.79 Å². The highest BCUT2D eigenvalue weighted by atomic mass is 16.1. The first-order valence-electron chi connectivity index (χ1n) is 5.29. The van der Waals surface area contributed by atoms with Crippen LogP contribution in [0.15, 0.2) is 31.0 Å². The smallest absolute Gasteiger partial charge is 0.226 e. The summed E-state index contributed by atoms with van der Waals surface area (Å²) >= 11 is 0. The van der Waals surface area contributed by atoms with Crippen LogP contribution in [0.2, 0.25) is 0 Å². The van der Waals surface area contributed by atoms with E-state index in [1.165, 1.54) is 0 Å². The summed E-state index contributed by atoms with van der Waals surface area (Å²) in [7, 11) is 0. The minimum Gasteiger partial charge on any atom is -0.325 e. The van der Waals surface area contributed by atoms with Crippen LogP contribution in [0.25, 0.3) is 5.82 Å². The molecule has 0 bridgehead atoms. The van der Waals surface area contributed by atoms with Gasteiger partial charge in [-0.2, -0.15) is 0 Å². The Morgan fingerprint density at radius 3 is 2.53 bits per heavy atom. The molecule has 0 saturated heterocycles. The fourth-order valence-electron chi connectivity index (χ4n) is 1.22. The van der Waals surface area contributed by atoms with Crippen LogP contribution in [0.1, 0.15) is 13.8 Å². The van der Waals surface area contributed by atoms with Crippen molar-refractivity contribution in [1.82, 2.24) is 19.7 Å². The van der Waals surface area contributed by atoms with Gasteiger partial charge < -0.3 is 5.32 Å². The van der Waals surface area contributed by atoms with Gasteiger partial charge in [-0.1, -0.05) is 13.8 Å². The lowest BCUT2D eigenvalue weighted by Gasteiger charge is -2.07. The summed E-state index contributed by atoms with van der Waals surface area (Å²) in [5.74, 6) is 0.633. The Bertz CT molecular complexity index is 489. The zero-order valence-electron chi connectivity index (χ0n) is 9.66. The van der Waals surface area contributed by atoms with Crippen LogP contribution < -0.4 is 5.32 Å². The molecule has 6 heteroatoms. The van der Waals surface area contributed by atoms with Gasteiger partial charge >= 0.3 is 0 Å². The summed E-state index contributed by atoms with van der Waals surface area (Å²) in [5.41, 5.74) is 0.681. The highest BCUT2D eigenvalue weighted by molar-refractivity contribution is 5.91. The Labute approximate surface area is 98.7 Å². The summed E-state index contributed by atoms with van der Waals surface area (Å²) in [5, 5.41) is 10.2. The molecule has 88 valence electrons. The minimum absolute atomic E-state index is 0.0242. The number of pyridine rings is 1. The van der Waals surface area contributed by atoms with E-state index in [-0.39, 0.29) is 11.8 Å². The molecule has 0 aliphatic rings. The summed E-state index contributed by atoms with van der Waals surface area (Å²) in [4.78, 5) is 15.7. The molecule has 17 heavy (non-hydrogen) atoms. The number of nitrogens with one attached hydrogen (secondary N) is 1. The number of carbonyl (C=O) groups is 1. The molecule has 0 aliphatic carbocycles. The molecule has 0 atom stereocenters. The topological polar surface area (TPSA) is 72.7 Å². The van der Waals surface area contributed by atoms with Crippen molar-refractivity contribution in [2.45, 2.75) is 13.8 Å². The van der Waals surface area contributed by atoms with Gasteiger partial charge in [0.1, 0.15) is 18.5 Å². The van der Waals surface area contributed by atoms with E-state index in [4.69, 9.17) is 0 Å². The van der Waals surface area contributed by atoms with Crippen molar-refractivity contribution in [3.63, 3.8) is 0 Å². The molecular formula is C11H13N5O. The summed E-state index contributed by atoms with van der Waals surface area (Å²) in [6.45, 7) is 3.68. The predicted molar refractivity (Wildman–Crippen MR) is 62.6 cm³/mol. The molecule has 0 radical (unpaired) electrons. The number of rotatable bonds is 3. The van der Waals surface area contributed by atoms with E-state index in [1.54, 1.807) is 35.6 Å². The van der Waals surface area contributed by atoms with Crippen LogP contribution in [0.3, 0.4) is 0 Å². The molecule has 2 rings (SSSR count). The van der Waals surface area contributed by atoms with Crippen molar-refractivity contribution in [2.75, 3.05) is 5.32 Å². The second-order valence-electron chi connectivity index (χ2n) is 3.92. The Hall–Kier alpha value is -2.24. The van der Waals surface area contributed by atoms with Crippen LogP contribution >= 0.6 is 0 Å². The third-order valence-electron chi connectivity index (χ3n) is 2.22. The van der Waals surface area contributed by atoms with Gasteiger partial charge in [0, 0.05) is 5.92 Å². The molecular weight excluding hydrogens is 218 g/mol. The summed E-state index contributed by atoms with van der Waals surface area (Å²) in [6, 6.07) is 3.59. The Morgan fingerprint density at radius 1 is 1.29 bits per heavy atom. The summed E-state index contributed by atoms with van der Waals surface area (Å²) in [6.07, 6.45) is 4.74. The van der Waals surface area contributed by atoms with Gasteiger partial charge in [-0.15, -0.1) is 10.2 Å². The maximum Gasteiger partial charge on any atom is 0.226 e. The highest BCUT2D eigenvalue weighted by Crippen LogP contribution is 2.10. The lowest BCUT2D eigenvalue weighted by atomic mass is 10.2. The molecule has 2 aromatic rings. The zero-order chi connectivity index (χ0) is 12.3. The predicted octanol–water partition coefficient (Wildman–Crippen LogP) is 1.26. The maximum absolute atomic E-state index is 11.5. The molecule has 1 amide bonds. The average Bonchev–Trinajstić information content (AvgIpc) is 2.83. The van der Waals surface area contributed by atoms with E-state index in [2.05, 4.69) is 20.5 Å². The van der Waals surface area contributed by atoms with Crippen LogP contribution in [-0.2, 0) is 4.79 Å². The molecule has 0 unspecified atom stereocenters. The van der Waals surface area contributed by atoms with Gasteiger partial charge in [0.05, 0.1) is 11.9 Å². The molecule has 6 nitrogen and oxygen atoms in total. The van der Waals surface area contributed by atoms with Gasteiger partial charge in [-0.3, -0.25) is 9.36 Å². The zero-order valence-corrected chi connectivity index (χ0v) is 9.66. The fourth-order valence-corrected chi connectivity index (χ4v) is 1.22. The number of aromatic nitrogens is 4. The third-order valence-corrected chi connectivity index (χ3v) is 2.22. The van der Waals surface area contributed by atoms with Gasteiger partial charge in [0.15, 0.2) is 0 Å². The molecule has 0 fully saturated rings. The van der Waals surface area contributed by atoms with Gasteiger partial charge in [-0.05, 0) is 12.1 Å². The second-order valence-corrected chi connectivity index (χ2v) is 3.92. The van der Waals surface area contributed by atoms with Crippen molar-refractivity contribution < 1.29 is 4.79 Å². The first-order chi connectivity index (χ1) is 8.16. The fraction of sp³-hybridized carbons (Fsp3) is 0.273. The molecule has 2 aromatic heterocycles. The number of anilines is 1. The monoisotopic (exact) mass is 231 g/mol. The van der Waals surface area contributed by atoms with Crippen LogP contribution in [0.4, 0.5) is 5.69 Å². The van der Waals surface area contributed by atoms with Crippen molar-refractivity contribution >= 4 is 11.6 Å². The van der Waals surface area contributed by atoms with Gasteiger partial charge in [-0.25, -0.2) is 4.98 Å². The first-order valence-corrected chi connectivity index (χ1v) is 5.29. The third kappa shape index (κ3) is 2.66. The maximum atomic E-state index is 11.5. The van der Waals surface area contributed by atoms with Crippen LogP contribution in [0, 0.1) is 5.92 Å². The van der Waals surface area contributed by atoms with Crippen LogP contribution in [-0.4, -0.2) is 25.7 Å². The van der Waals surface area contributed by atoms with Crippen molar-refractivity contribution in [3.05, 3.63) is 31.0 Å². The van der Waals surface area contributed by atoms with Crippen molar-refractivity contribution in [1.29, 1.82) is 0 Å². The molecule has 0 aliphatic heterocycles. The molecule has 1 N–H and O–H groups in total. The number of nitrogens with zero attached hydrogens (tertiary/aromatic N) is 4. The minimum atomic E-state index is -0.0486. The highest BCUT2D eigenvalue weighted by Gasteiger charge is 2.07. The standard InChI is InChI=1S/C11H13N5O/c1-8(2)11(17)15-9-3-4-10(12-5-9)16-6-13-14-7-16/h3-8H,1-2H3,(H,15,17). The SMILES string of the molecule is CC(C)C(=O)Nc1ccc(-n2cnnc2)nc1. The molecule has 2 heterocycles. The van der Waals surface area contributed by atoms with E-state index in [0.717, 1.165) is 0 Å². The number of hydrogen-bond donors (Lipinski definition) is 1. The van der Waals surface area contributed by atoms with Gasteiger partial charge in [0.2, 0.25) is 5.91 Å². The average molecular weight is 231 g/mol. The lowest BCUT2D eigenvalue weighted by molar-refractivity contribution is -0.118. The Morgan fingerprint density at radius 2 is 2.00 bits per heavy atom. The Balaban J connectivity index is 2.11. The molecule has 0 spiro atoms. The van der Waals surface area contributed by atoms with E-state index >= 15 is 0 Å². The number of hydrogen-bond acceptors (Lipinski definition) is 4. The normalized spacial score (nSPS) is 10.5. The largest absolute Gasteiger partial charge is 0.325 e. The number of amides is 1.